The van der Waals surface area contributed by atoms with E-state index in [0.29, 0.717) is 42.7 Å². The predicted molar refractivity (Wildman–Crippen MR) is 81.6 cm³/mol. The topological polar surface area (TPSA) is 100 Å². The highest BCUT2D eigenvalue weighted by Crippen LogP contribution is 2.19. The van der Waals surface area contributed by atoms with Crippen LogP contribution in [0, 0.1) is 0 Å². The lowest BCUT2D eigenvalue weighted by Gasteiger charge is -2.04. The number of hydrogen-bond donors (Lipinski definition) is 3. The van der Waals surface area contributed by atoms with Gasteiger partial charge in [-0.2, -0.15) is 4.98 Å². The van der Waals surface area contributed by atoms with Crippen LogP contribution in [-0.4, -0.2) is 41.0 Å². The van der Waals surface area contributed by atoms with Crippen LogP contribution in [0.25, 0.3) is 11.4 Å². The first-order chi connectivity index (χ1) is 10.7. The minimum atomic E-state index is -0.289. The summed E-state index contributed by atoms with van der Waals surface area (Å²) in [6.45, 7) is 0.860. The molecule has 0 spiro atoms. The fraction of sp³-hybridized carbons (Fsp3) is 0.357. The number of aromatic nitrogens is 2. The second kappa shape index (κ2) is 8.35. The van der Waals surface area contributed by atoms with Crippen LogP contribution < -0.4 is 10.6 Å². The number of nitrogens with one attached hydrogen (secondary N) is 2. The largest absolute Gasteiger partial charge is 0.396 e. The summed E-state index contributed by atoms with van der Waals surface area (Å²) in [4.78, 5) is 15.6. The van der Waals surface area contributed by atoms with E-state index in [0.717, 1.165) is 5.56 Å². The molecule has 0 aliphatic heterocycles. The first-order valence-electron chi connectivity index (χ1n) is 6.90. The van der Waals surface area contributed by atoms with Gasteiger partial charge < -0.3 is 20.3 Å². The number of aliphatic hydroxyl groups is 1. The molecule has 0 saturated heterocycles. The van der Waals surface area contributed by atoms with Crippen LogP contribution in [0.15, 0.2) is 28.8 Å². The molecule has 2 aromatic rings. The van der Waals surface area contributed by atoms with Crippen LogP contribution in [0.1, 0.15) is 12.3 Å². The van der Waals surface area contributed by atoms with E-state index in [-0.39, 0.29) is 12.6 Å². The van der Waals surface area contributed by atoms with Gasteiger partial charge in [-0.05, 0) is 18.6 Å². The Morgan fingerprint density at radius 2 is 2.14 bits per heavy atom. The van der Waals surface area contributed by atoms with Gasteiger partial charge in [0.05, 0.1) is 0 Å². The van der Waals surface area contributed by atoms with Gasteiger partial charge in [-0.1, -0.05) is 28.9 Å². The van der Waals surface area contributed by atoms with E-state index in [1.165, 1.54) is 0 Å². The molecule has 3 N–H and O–H groups in total. The molecule has 0 saturated carbocycles. The number of urea groups is 1. The number of nitrogens with zero attached hydrogens (tertiary/aromatic N) is 2. The first-order valence-corrected chi connectivity index (χ1v) is 7.28. The monoisotopic (exact) mass is 324 g/mol. The van der Waals surface area contributed by atoms with Gasteiger partial charge in [0.25, 0.3) is 0 Å². The van der Waals surface area contributed by atoms with E-state index in [9.17, 15) is 4.79 Å². The van der Waals surface area contributed by atoms with Gasteiger partial charge in [0, 0.05) is 36.7 Å². The third kappa shape index (κ3) is 5.01. The van der Waals surface area contributed by atoms with Crippen LogP contribution in [0.5, 0.6) is 0 Å². The second-order valence-corrected chi connectivity index (χ2v) is 4.97. The molecule has 118 valence electrons. The fourth-order valence-corrected chi connectivity index (χ4v) is 1.92. The Bertz CT molecular complexity index is 618. The van der Waals surface area contributed by atoms with Crippen LogP contribution in [0.2, 0.25) is 5.02 Å². The van der Waals surface area contributed by atoms with E-state index in [2.05, 4.69) is 20.8 Å². The average Bonchev–Trinajstić information content (AvgIpc) is 2.96. The quantitative estimate of drug-likeness (QED) is 0.672. The number of benzene rings is 1. The first kappa shape index (κ1) is 16.3. The summed E-state index contributed by atoms with van der Waals surface area (Å²) in [6.07, 6.45) is 0.959. The van der Waals surface area contributed by atoms with Crippen molar-refractivity contribution < 1.29 is 14.4 Å². The molecule has 0 aliphatic rings. The lowest BCUT2D eigenvalue weighted by molar-refractivity contribution is 0.238. The van der Waals surface area contributed by atoms with E-state index in [1.807, 2.05) is 12.1 Å². The Balaban J connectivity index is 1.79. The van der Waals surface area contributed by atoms with Crippen molar-refractivity contribution in [1.82, 2.24) is 20.8 Å². The zero-order valence-electron chi connectivity index (χ0n) is 11.9. The minimum Gasteiger partial charge on any atom is -0.396 e. The molecule has 0 atom stereocenters. The number of amides is 2. The van der Waals surface area contributed by atoms with Gasteiger partial charge in [-0.15, -0.1) is 0 Å². The lowest BCUT2D eigenvalue weighted by atomic mass is 10.2. The van der Waals surface area contributed by atoms with E-state index in [1.54, 1.807) is 12.1 Å². The van der Waals surface area contributed by atoms with E-state index in [4.69, 9.17) is 21.2 Å². The summed E-state index contributed by atoms with van der Waals surface area (Å²) in [5.41, 5.74) is 0.775. The molecule has 22 heavy (non-hydrogen) atoms. The van der Waals surface area contributed by atoms with Crippen LogP contribution in [0.4, 0.5) is 4.79 Å². The fourth-order valence-electron chi connectivity index (χ4n) is 1.73. The van der Waals surface area contributed by atoms with Crippen LogP contribution in [-0.2, 0) is 6.42 Å². The molecule has 0 unspecified atom stereocenters. The Morgan fingerprint density at radius 3 is 2.91 bits per heavy atom. The molecule has 7 nitrogen and oxygen atoms in total. The van der Waals surface area contributed by atoms with Gasteiger partial charge in [-0.25, -0.2) is 4.79 Å². The van der Waals surface area contributed by atoms with Gasteiger partial charge in [-0.3, -0.25) is 0 Å². The second-order valence-electron chi connectivity index (χ2n) is 4.53. The van der Waals surface area contributed by atoms with Gasteiger partial charge in [0.15, 0.2) is 0 Å². The summed E-state index contributed by atoms with van der Waals surface area (Å²) >= 11 is 5.92. The molecule has 1 aromatic heterocycles. The SMILES string of the molecule is O=C(NCCCO)NCCc1nc(-c2cccc(Cl)c2)no1. The van der Waals surface area contributed by atoms with Crippen molar-refractivity contribution >= 4 is 17.6 Å². The lowest BCUT2D eigenvalue weighted by Crippen LogP contribution is -2.37. The molecule has 1 aromatic carbocycles. The highest BCUT2D eigenvalue weighted by molar-refractivity contribution is 6.30. The smallest absolute Gasteiger partial charge is 0.314 e. The third-order valence-electron chi connectivity index (χ3n) is 2.80. The summed E-state index contributed by atoms with van der Waals surface area (Å²) in [7, 11) is 0. The summed E-state index contributed by atoms with van der Waals surface area (Å²) in [5, 5.41) is 18.4. The zero-order chi connectivity index (χ0) is 15.8. The Morgan fingerprint density at radius 1 is 1.32 bits per heavy atom. The molecule has 1 heterocycles. The standard InChI is InChI=1S/C14H17ClN4O3/c15-11-4-1-3-10(9-11)13-18-12(22-19-13)5-7-17-14(21)16-6-2-8-20/h1,3-4,9,20H,2,5-8H2,(H2,16,17,21). The molecule has 0 bridgehead atoms. The van der Waals surface area contributed by atoms with Crippen molar-refractivity contribution in [2.75, 3.05) is 19.7 Å². The molecule has 2 amide bonds. The van der Waals surface area contributed by atoms with Crippen molar-refractivity contribution in [3.05, 3.63) is 35.2 Å². The number of hydrogen-bond acceptors (Lipinski definition) is 5. The van der Waals surface area contributed by atoms with Crippen molar-refractivity contribution in [1.29, 1.82) is 0 Å². The molecule has 0 aliphatic carbocycles. The molecule has 8 heteroatoms. The van der Waals surface area contributed by atoms with Crippen molar-refractivity contribution in [3.63, 3.8) is 0 Å². The molecule has 2 rings (SSSR count). The minimum absolute atomic E-state index is 0.0501. The number of carbonyl (C=O) groups excluding carboxylic acids is 1. The van der Waals surface area contributed by atoms with Crippen molar-refractivity contribution in [2.24, 2.45) is 0 Å². The zero-order valence-corrected chi connectivity index (χ0v) is 12.6. The molecule has 0 fully saturated rings. The highest BCUT2D eigenvalue weighted by atomic mass is 35.5. The van der Waals surface area contributed by atoms with Gasteiger partial charge >= 0.3 is 6.03 Å². The van der Waals surface area contributed by atoms with Crippen LogP contribution in [0.3, 0.4) is 0 Å². The predicted octanol–water partition coefficient (Wildman–Crippen LogP) is 1.61. The Labute approximate surface area is 132 Å². The van der Waals surface area contributed by atoms with Crippen molar-refractivity contribution in [2.45, 2.75) is 12.8 Å². The maximum atomic E-state index is 11.4. The van der Waals surface area contributed by atoms with Gasteiger partial charge in [0.1, 0.15) is 0 Å². The number of rotatable bonds is 7. The number of carbonyl (C=O) groups is 1. The van der Waals surface area contributed by atoms with Gasteiger partial charge in [0.2, 0.25) is 11.7 Å². The highest BCUT2D eigenvalue weighted by Gasteiger charge is 2.09. The maximum Gasteiger partial charge on any atom is 0.314 e. The van der Waals surface area contributed by atoms with E-state index >= 15 is 0 Å². The van der Waals surface area contributed by atoms with Crippen molar-refractivity contribution in [3.8, 4) is 11.4 Å². The molecule has 0 radical (unpaired) electrons. The molecular formula is C14H17ClN4O3. The normalized spacial score (nSPS) is 10.5. The van der Waals surface area contributed by atoms with Crippen LogP contribution >= 0.6 is 11.6 Å². The summed E-state index contributed by atoms with van der Waals surface area (Å²) < 4.78 is 5.13. The third-order valence-corrected chi connectivity index (χ3v) is 3.03. The average molecular weight is 325 g/mol. The molecular weight excluding hydrogens is 308 g/mol. The summed E-state index contributed by atoms with van der Waals surface area (Å²) in [5.74, 6) is 0.899. The van der Waals surface area contributed by atoms with E-state index < -0.39 is 0 Å². The maximum absolute atomic E-state index is 11.4. The Hall–Kier alpha value is -2.12. The number of halogens is 1. The number of aliphatic hydroxyl groups excluding tert-OH is 1. The summed E-state index contributed by atoms with van der Waals surface area (Å²) in [6, 6.07) is 6.89. The Kier molecular flexibility index (Phi) is 6.17.